The number of anilines is 2. The van der Waals surface area contributed by atoms with Crippen molar-refractivity contribution >= 4 is 84.3 Å². The molecule has 7 N–H and O–H groups in total. The van der Waals surface area contributed by atoms with E-state index in [-0.39, 0.29) is 109 Å². The Morgan fingerprint density at radius 1 is 0.432 bits per heavy atom. The lowest BCUT2D eigenvalue weighted by Gasteiger charge is -2.00. The molecular formula is C61H80B2ClN13O11. The number of aromatic carboxylic acids is 1. The molecule has 0 spiro atoms. The van der Waals surface area contributed by atoms with Crippen LogP contribution in [0.25, 0.3) is 0 Å². The molecule has 8 heterocycles. The summed E-state index contributed by atoms with van der Waals surface area (Å²) in [5.41, 5.74) is 12.4. The number of carboxylic acids is 1. The summed E-state index contributed by atoms with van der Waals surface area (Å²) in [6.45, 7) is 8.09. The molecule has 88 heavy (non-hydrogen) atoms. The van der Waals surface area contributed by atoms with E-state index in [4.69, 9.17) is 5.73 Å². The SMILES string of the molecule is CB(O)Nc1cc(C(=O)Cc2cn(C)c(C(=O)Cc3cc(C(=O)Cc4cc(C(=O)O)n(C)c4)n(C)c3)n2)n(C)c1.CCCCC(=O)c1cc(CC(=O)c2cc(CC(=O)c3nc(CC(=O)c4cc(NB(C)O)cn4C)cn3C)cn2C)cn1C.CCCN.Cl. The highest BCUT2D eigenvalue weighted by atomic mass is 35.5. The van der Waals surface area contributed by atoms with Gasteiger partial charge in [-0.15, -0.1) is 12.4 Å². The average molecular weight is 1230 g/mol. The number of aromatic nitrogens is 10. The lowest BCUT2D eigenvalue weighted by atomic mass is 9.89. The van der Waals surface area contributed by atoms with Gasteiger partial charge in [-0.05, 0) is 91.7 Å². The number of carbonyl (C=O) groups excluding carboxylic acids is 7. The zero-order valence-corrected chi connectivity index (χ0v) is 52.9. The Morgan fingerprint density at radius 3 is 1.05 bits per heavy atom. The minimum Gasteiger partial charge on any atom is -0.477 e. The number of hydrogen-bond donors (Lipinski definition) is 6. The molecule has 0 aromatic carbocycles. The van der Waals surface area contributed by atoms with Crippen molar-refractivity contribution in [2.24, 2.45) is 62.1 Å². The van der Waals surface area contributed by atoms with Crippen LogP contribution in [0.2, 0.25) is 13.6 Å². The Balaban J connectivity index is 0.000000300. The summed E-state index contributed by atoms with van der Waals surface area (Å²) in [6.07, 6.45) is 17.3. The number of Topliss-reactive ketones (excluding diaryl/α,β-unsaturated/α-hetero) is 7. The van der Waals surface area contributed by atoms with Gasteiger partial charge in [0.25, 0.3) is 0 Å². The molecular weight excluding hydrogens is 1150 g/mol. The van der Waals surface area contributed by atoms with Gasteiger partial charge in [-0.1, -0.05) is 20.3 Å². The summed E-state index contributed by atoms with van der Waals surface area (Å²) in [6, 6.07) is 9.96. The Hall–Kier alpha value is -8.84. The zero-order valence-electron chi connectivity index (χ0n) is 52.1. The average Bonchev–Trinajstić information content (AvgIpc) is 3.51. The second kappa shape index (κ2) is 31.2. The second-order valence-corrected chi connectivity index (χ2v) is 22.0. The Morgan fingerprint density at radius 2 is 0.727 bits per heavy atom. The first-order valence-corrected chi connectivity index (χ1v) is 28.6. The monoisotopic (exact) mass is 1230 g/mol. The van der Waals surface area contributed by atoms with E-state index in [0.29, 0.717) is 74.3 Å². The molecule has 0 fully saturated rings. The standard InChI is InChI=1S/C31H39BN6O5.C27H31BN6O6.C3H9N.ClH/c1-7-8-9-27(39)24-10-20(16-35(24)3)12-28(40)25-11-21(17-36(25)4)13-30(42)31-33-22(18-38(31)6)15-29(41)26-14-23(19-37(26)5)34-32(2)43;1-28(40)30-19-10-21(33(4)15-19)24(36)11-18-14-34(5)26(29-18)25(37)9-16-6-20(31(2)12-16)23(35)8-17-7-22(27(38)39)32(3)13-17;1-2-3-4;/h10-11,14,16-19,34,43H,7-9,12-13,15H2,1-6H3;6-7,10,12-15,30,40H,8-9,11H2,1-5H3,(H,38,39);2-4H2,1H3;1H. The van der Waals surface area contributed by atoms with E-state index >= 15 is 0 Å². The maximum Gasteiger partial charge on any atom is 0.406 e. The van der Waals surface area contributed by atoms with E-state index in [0.717, 1.165) is 31.4 Å². The van der Waals surface area contributed by atoms with E-state index in [2.05, 4.69) is 27.3 Å². The molecule has 8 aromatic heterocycles. The quantitative estimate of drug-likeness (QED) is 0.0231. The molecule has 0 saturated carbocycles. The normalized spacial score (nSPS) is 10.8. The van der Waals surface area contributed by atoms with Gasteiger partial charge < -0.3 is 67.9 Å². The highest BCUT2D eigenvalue weighted by Gasteiger charge is 2.25. The third kappa shape index (κ3) is 18.4. The molecule has 0 aliphatic heterocycles. The van der Waals surface area contributed by atoms with Crippen LogP contribution in [-0.2, 0) is 94.9 Å². The fourth-order valence-electron chi connectivity index (χ4n) is 10.1. The third-order valence-corrected chi connectivity index (χ3v) is 14.2. The van der Waals surface area contributed by atoms with Gasteiger partial charge in [-0.2, -0.15) is 0 Å². The van der Waals surface area contributed by atoms with Crippen LogP contribution in [0, 0.1) is 0 Å². The molecule has 24 nitrogen and oxygen atoms in total. The van der Waals surface area contributed by atoms with Crippen LogP contribution in [0.1, 0.15) is 157 Å². The fraction of sp³-hybridized carbons (Fsp3) is 0.377. The van der Waals surface area contributed by atoms with Crippen LogP contribution in [0.5, 0.6) is 0 Å². The van der Waals surface area contributed by atoms with Crippen molar-refractivity contribution in [1.82, 2.24) is 46.5 Å². The van der Waals surface area contributed by atoms with Gasteiger partial charge in [-0.3, -0.25) is 33.6 Å². The van der Waals surface area contributed by atoms with Crippen molar-refractivity contribution in [2.45, 2.75) is 91.7 Å². The Kier molecular flexibility index (Phi) is 24.8. The van der Waals surface area contributed by atoms with E-state index < -0.39 is 20.1 Å². The van der Waals surface area contributed by atoms with Crippen LogP contribution in [-0.4, -0.2) is 129 Å². The van der Waals surface area contributed by atoms with Gasteiger partial charge in [0.1, 0.15) is 5.69 Å². The molecule has 0 saturated heterocycles. The second-order valence-electron chi connectivity index (χ2n) is 22.0. The molecule has 8 rings (SSSR count). The van der Waals surface area contributed by atoms with Crippen LogP contribution in [0.4, 0.5) is 11.4 Å². The largest absolute Gasteiger partial charge is 0.477 e. The summed E-state index contributed by atoms with van der Waals surface area (Å²) < 4.78 is 13.1. The lowest BCUT2D eigenvalue weighted by Crippen LogP contribution is -2.18. The van der Waals surface area contributed by atoms with Gasteiger partial charge in [-0.25, -0.2) is 14.8 Å². The molecule has 0 aliphatic rings. The van der Waals surface area contributed by atoms with Crippen molar-refractivity contribution in [3.8, 4) is 0 Å². The minimum atomic E-state index is -1.07. The van der Waals surface area contributed by atoms with Crippen LogP contribution in [0.15, 0.2) is 86.0 Å². The summed E-state index contributed by atoms with van der Waals surface area (Å²) in [4.78, 5) is 111. The number of halogens is 1. The molecule has 0 bridgehead atoms. The smallest absolute Gasteiger partial charge is 0.406 e. The molecule has 0 aliphatic carbocycles. The number of ketones is 7. The molecule has 0 unspecified atom stereocenters. The summed E-state index contributed by atoms with van der Waals surface area (Å²) in [5, 5.41) is 34.0. The van der Waals surface area contributed by atoms with Crippen molar-refractivity contribution in [3.63, 3.8) is 0 Å². The fourth-order valence-corrected chi connectivity index (χ4v) is 10.1. The lowest BCUT2D eigenvalue weighted by molar-refractivity contribution is 0.0684. The topological polar surface area (TPSA) is 313 Å². The maximum atomic E-state index is 13.2. The summed E-state index contributed by atoms with van der Waals surface area (Å²) >= 11 is 0. The summed E-state index contributed by atoms with van der Waals surface area (Å²) in [5.74, 6) is -1.71. The van der Waals surface area contributed by atoms with Crippen molar-refractivity contribution in [3.05, 3.63) is 165 Å². The molecule has 27 heteroatoms. The number of imidazole rings is 2. The molecule has 0 atom stereocenters. The van der Waals surface area contributed by atoms with E-state index in [1.165, 1.54) is 10.6 Å². The van der Waals surface area contributed by atoms with Crippen molar-refractivity contribution in [1.29, 1.82) is 0 Å². The number of nitrogens with zero attached hydrogens (tertiary/aromatic N) is 10. The minimum absolute atomic E-state index is 0. The first-order valence-electron chi connectivity index (χ1n) is 28.6. The number of aryl methyl sites for hydroxylation is 8. The van der Waals surface area contributed by atoms with E-state index in [1.54, 1.807) is 169 Å². The van der Waals surface area contributed by atoms with E-state index in [9.17, 15) is 53.5 Å². The molecule has 8 aromatic rings. The van der Waals surface area contributed by atoms with Gasteiger partial charge >= 0.3 is 20.1 Å². The predicted molar refractivity (Wildman–Crippen MR) is 339 cm³/mol. The van der Waals surface area contributed by atoms with Crippen LogP contribution >= 0.6 is 12.4 Å². The predicted octanol–water partition coefficient (Wildman–Crippen LogP) is 6.32. The number of rotatable bonds is 28. The molecule has 468 valence electrons. The van der Waals surface area contributed by atoms with Crippen LogP contribution in [0.3, 0.4) is 0 Å². The number of nitrogens with one attached hydrogen (secondary N) is 2. The van der Waals surface area contributed by atoms with Gasteiger partial charge in [0.05, 0.1) is 52.7 Å². The Labute approximate surface area is 518 Å². The van der Waals surface area contributed by atoms with Crippen molar-refractivity contribution in [2.75, 3.05) is 17.0 Å². The molecule has 0 radical (unpaired) electrons. The van der Waals surface area contributed by atoms with Gasteiger partial charge in [0.15, 0.2) is 40.6 Å². The Bertz CT molecular complexity index is 3820. The number of nitrogens with two attached hydrogens (primary N) is 1. The number of hydrogen-bond acceptors (Lipinski definition) is 15. The van der Waals surface area contributed by atoms with E-state index in [1.807, 2.05) is 20.2 Å². The first kappa shape index (κ1) is 69.9. The van der Waals surface area contributed by atoms with Gasteiger partial charge in [0, 0.05) is 149 Å². The number of carboxylic acid groups (broad SMARTS) is 1. The number of unbranched alkanes of at least 4 members (excludes halogenated alkanes) is 1. The third-order valence-electron chi connectivity index (χ3n) is 14.2. The highest BCUT2D eigenvalue weighted by Crippen LogP contribution is 2.22. The zero-order chi connectivity index (χ0) is 64.1. The van der Waals surface area contributed by atoms with Crippen molar-refractivity contribution < 1.29 is 53.5 Å². The van der Waals surface area contributed by atoms with Gasteiger partial charge in [0.2, 0.25) is 11.6 Å². The van der Waals surface area contributed by atoms with Crippen LogP contribution < -0.4 is 16.2 Å². The summed E-state index contributed by atoms with van der Waals surface area (Å²) in [7, 11) is 12.3. The molecule has 0 amide bonds. The first-order chi connectivity index (χ1) is 41.1. The maximum absolute atomic E-state index is 13.2. The highest BCUT2D eigenvalue weighted by molar-refractivity contribution is 6.53. The number of carbonyl (C=O) groups is 8.